The van der Waals surface area contributed by atoms with Crippen molar-refractivity contribution in [3.8, 4) is 0 Å². The Morgan fingerprint density at radius 3 is 2.81 bits per heavy atom. The maximum atomic E-state index is 6.24. The topological polar surface area (TPSA) is 63.8 Å². The minimum Gasteiger partial charge on any atom is -0.368 e. The second kappa shape index (κ2) is 5.67. The SMILES string of the molecule is CC(Nc1nc(N)nc2sccc12)c1ccc(Cl)cc1Cl. The van der Waals surface area contributed by atoms with Gasteiger partial charge in [-0.25, -0.2) is 4.98 Å². The summed E-state index contributed by atoms with van der Waals surface area (Å²) in [6.07, 6.45) is 0. The number of nitrogens with one attached hydrogen (secondary N) is 1. The van der Waals surface area contributed by atoms with E-state index in [0.717, 1.165) is 15.8 Å². The average Bonchev–Trinajstić information content (AvgIpc) is 2.86. The van der Waals surface area contributed by atoms with Crippen LogP contribution in [-0.2, 0) is 0 Å². The Bertz CT molecular complexity index is 803. The summed E-state index contributed by atoms with van der Waals surface area (Å²) >= 11 is 13.7. The monoisotopic (exact) mass is 338 g/mol. The van der Waals surface area contributed by atoms with E-state index in [0.29, 0.717) is 15.9 Å². The quantitative estimate of drug-likeness (QED) is 0.722. The van der Waals surface area contributed by atoms with Crippen molar-refractivity contribution in [3.63, 3.8) is 0 Å². The van der Waals surface area contributed by atoms with Gasteiger partial charge >= 0.3 is 0 Å². The molecule has 0 aliphatic rings. The van der Waals surface area contributed by atoms with Crippen LogP contribution >= 0.6 is 34.5 Å². The maximum Gasteiger partial charge on any atom is 0.223 e. The minimum atomic E-state index is -0.0350. The highest BCUT2D eigenvalue weighted by Gasteiger charge is 2.14. The summed E-state index contributed by atoms with van der Waals surface area (Å²) in [6.45, 7) is 2.01. The van der Waals surface area contributed by atoms with Gasteiger partial charge in [-0.3, -0.25) is 0 Å². The van der Waals surface area contributed by atoms with Gasteiger partial charge in [0, 0.05) is 10.0 Å². The van der Waals surface area contributed by atoms with Gasteiger partial charge in [-0.15, -0.1) is 11.3 Å². The zero-order valence-electron chi connectivity index (χ0n) is 11.1. The lowest BCUT2D eigenvalue weighted by molar-refractivity contribution is 0.877. The number of hydrogen-bond acceptors (Lipinski definition) is 5. The smallest absolute Gasteiger partial charge is 0.223 e. The molecule has 2 aromatic heterocycles. The van der Waals surface area contributed by atoms with Crippen LogP contribution in [-0.4, -0.2) is 9.97 Å². The van der Waals surface area contributed by atoms with Gasteiger partial charge in [-0.2, -0.15) is 4.98 Å². The van der Waals surface area contributed by atoms with Gasteiger partial charge in [0.2, 0.25) is 5.95 Å². The predicted octanol–water partition coefficient (Wildman–Crippen LogP) is 4.75. The Morgan fingerprint density at radius 1 is 1.24 bits per heavy atom. The van der Waals surface area contributed by atoms with E-state index >= 15 is 0 Å². The highest BCUT2D eigenvalue weighted by atomic mass is 35.5. The minimum absolute atomic E-state index is 0.0350. The zero-order chi connectivity index (χ0) is 15.0. The molecule has 0 saturated heterocycles. The van der Waals surface area contributed by atoms with Crippen molar-refractivity contribution < 1.29 is 0 Å². The molecule has 3 rings (SSSR count). The van der Waals surface area contributed by atoms with E-state index in [1.807, 2.05) is 30.5 Å². The Balaban J connectivity index is 1.96. The summed E-state index contributed by atoms with van der Waals surface area (Å²) in [4.78, 5) is 9.35. The van der Waals surface area contributed by atoms with Gasteiger partial charge in [0.15, 0.2) is 0 Å². The van der Waals surface area contributed by atoms with Crippen molar-refractivity contribution in [2.24, 2.45) is 0 Å². The predicted molar refractivity (Wildman–Crippen MR) is 90.3 cm³/mol. The molecule has 3 aromatic rings. The van der Waals surface area contributed by atoms with Crippen LogP contribution in [0.4, 0.5) is 11.8 Å². The summed E-state index contributed by atoms with van der Waals surface area (Å²) in [5, 5.41) is 7.48. The molecule has 7 heteroatoms. The van der Waals surface area contributed by atoms with Crippen LogP contribution in [0.3, 0.4) is 0 Å². The lowest BCUT2D eigenvalue weighted by Crippen LogP contribution is -2.10. The van der Waals surface area contributed by atoms with E-state index in [9.17, 15) is 0 Å². The van der Waals surface area contributed by atoms with Crippen molar-refractivity contribution >= 4 is 56.5 Å². The molecule has 0 radical (unpaired) electrons. The van der Waals surface area contributed by atoms with E-state index in [4.69, 9.17) is 28.9 Å². The number of rotatable bonds is 3. The molecule has 1 aromatic carbocycles. The maximum absolute atomic E-state index is 6.24. The normalized spacial score (nSPS) is 12.5. The van der Waals surface area contributed by atoms with Gasteiger partial charge in [-0.05, 0) is 36.1 Å². The number of nitrogens with two attached hydrogens (primary N) is 1. The molecule has 1 atom stereocenters. The Kier molecular flexibility index (Phi) is 3.89. The number of anilines is 2. The number of thiophene rings is 1. The molecule has 0 aliphatic heterocycles. The average molecular weight is 339 g/mol. The molecule has 0 spiro atoms. The highest BCUT2D eigenvalue weighted by Crippen LogP contribution is 2.31. The summed E-state index contributed by atoms with van der Waals surface area (Å²) in [5.74, 6) is 0.958. The van der Waals surface area contributed by atoms with Crippen LogP contribution in [0, 0.1) is 0 Å². The third kappa shape index (κ3) is 2.90. The van der Waals surface area contributed by atoms with Gasteiger partial charge in [0.25, 0.3) is 0 Å². The van der Waals surface area contributed by atoms with Crippen molar-refractivity contribution in [2.75, 3.05) is 11.1 Å². The molecule has 108 valence electrons. The second-order valence-electron chi connectivity index (χ2n) is 4.60. The third-order valence-corrected chi connectivity index (χ3v) is 4.49. The number of benzene rings is 1. The van der Waals surface area contributed by atoms with Gasteiger partial charge < -0.3 is 11.1 Å². The molecule has 2 heterocycles. The van der Waals surface area contributed by atoms with Crippen LogP contribution in [0.2, 0.25) is 10.0 Å². The molecule has 4 nitrogen and oxygen atoms in total. The molecule has 3 N–H and O–H groups in total. The van der Waals surface area contributed by atoms with Crippen molar-refractivity contribution in [2.45, 2.75) is 13.0 Å². The number of fused-ring (bicyclic) bond motifs is 1. The van der Waals surface area contributed by atoms with Crippen molar-refractivity contribution in [1.29, 1.82) is 0 Å². The molecule has 0 fully saturated rings. The first kappa shape index (κ1) is 14.4. The third-order valence-electron chi connectivity index (χ3n) is 3.12. The number of nitrogens with zero attached hydrogens (tertiary/aromatic N) is 2. The molecular weight excluding hydrogens is 327 g/mol. The summed E-state index contributed by atoms with van der Waals surface area (Å²) in [6, 6.07) is 7.38. The molecule has 0 saturated carbocycles. The molecule has 0 amide bonds. The van der Waals surface area contributed by atoms with E-state index in [1.54, 1.807) is 6.07 Å². The lowest BCUT2D eigenvalue weighted by atomic mass is 10.1. The number of nitrogen functional groups attached to an aromatic ring is 1. The molecule has 21 heavy (non-hydrogen) atoms. The summed E-state index contributed by atoms with van der Waals surface area (Å²) in [7, 11) is 0. The molecule has 1 unspecified atom stereocenters. The van der Waals surface area contributed by atoms with Crippen molar-refractivity contribution in [1.82, 2.24) is 9.97 Å². The van der Waals surface area contributed by atoms with E-state index in [2.05, 4.69) is 15.3 Å². The first-order valence-corrected chi connectivity index (χ1v) is 7.90. The number of aromatic nitrogens is 2. The van der Waals surface area contributed by atoms with Crippen LogP contribution in [0.15, 0.2) is 29.6 Å². The highest BCUT2D eigenvalue weighted by molar-refractivity contribution is 7.16. The number of hydrogen-bond donors (Lipinski definition) is 2. The van der Waals surface area contributed by atoms with Crippen LogP contribution in [0.25, 0.3) is 10.2 Å². The van der Waals surface area contributed by atoms with Gasteiger partial charge in [-0.1, -0.05) is 29.3 Å². The van der Waals surface area contributed by atoms with E-state index in [1.165, 1.54) is 11.3 Å². The first-order valence-electron chi connectivity index (χ1n) is 6.27. The van der Waals surface area contributed by atoms with E-state index < -0.39 is 0 Å². The fourth-order valence-corrected chi connectivity index (χ4v) is 3.46. The van der Waals surface area contributed by atoms with Gasteiger partial charge in [0.05, 0.1) is 11.4 Å². The largest absolute Gasteiger partial charge is 0.368 e. The summed E-state index contributed by atoms with van der Waals surface area (Å²) in [5.41, 5.74) is 6.69. The zero-order valence-corrected chi connectivity index (χ0v) is 13.4. The van der Waals surface area contributed by atoms with Crippen molar-refractivity contribution in [3.05, 3.63) is 45.3 Å². The lowest BCUT2D eigenvalue weighted by Gasteiger charge is -2.17. The van der Waals surface area contributed by atoms with E-state index in [-0.39, 0.29) is 12.0 Å². The Hall–Kier alpha value is -1.56. The van der Waals surface area contributed by atoms with Crippen LogP contribution < -0.4 is 11.1 Å². The number of halogens is 2. The standard InChI is InChI=1S/C14H12Cl2N4S/c1-7(9-3-2-8(15)6-11(9)16)18-12-10-4-5-21-13(10)20-14(17)19-12/h2-7H,1H3,(H3,17,18,19,20). The van der Waals surface area contributed by atoms with Crippen LogP contribution in [0.1, 0.15) is 18.5 Å². The molecule has 0 aliphatic carbocycles. The fourth-order valence-electron chi connectivity index (χ4n) is 2.12. The fraction of sp³-hybridized carbons (Fsp3) is 0.143. The molecular formula is C14H12Cl2N4S. The Morgan fingerprint density at radius 2 is 2.05 bits per heavy atom. The van der Waals surface area contributed by atoms with Crippen LogP contribution in [0.5, 0.6) is 0 Å². The summed E-state index contributed by atoms with van der Waals surface area (Å²) < 4.78 is 0. The first-order chi connectivity index (χ1) is 10.0. The Labute approximate surface area is 135 Å². The second-order valence-corrected chi connectivity index (χ2v) is 6.34. The van der Waals surface area contributed by atoms with Gasteiger partial charge in [0.1, 0.15) is 10.6 Å². The molecule has 0 bridgehead atoms.